The monoisotopic (exact) mass is 181 g/mol. The van der Waals surface area contributed by atoms with Crippen LogP contribution in [0.3, 0.4) is 0 Å². The summed E-state index contributed by atoms with van der Waals surface area (Å²) in [6, 6.07) is 0. The molecule has 13 heavy (non-hydrogen) atoms. The van der Waals surface area contributed by atoms with Gasteiger partial charge in [0.25, 0.3) is 0 Å². The summed E-state index contributed by atoms with van der Waals surface area (Å²) in [5.41, 5.74) is 0. The molecule has 0 aliphatic carbocycles. The van der Waals surface area contributed by atoms with Crippen LogP contribution in [0, 0.1) is 5.92 Å². The lowest BCUT2D eigenvalue weighted by atomic mass is 10.1. The van der Waals surface area contributed by atoms with Gasteiger partial charge in [0.15, 0.2) is 0 Å². The average molecular weight is 181 g/mol. The normalized spacial score (nSPS) is 14.4. The van der Waals surface area contributed by atoms with Gasteiger partial charge in [-0.05, 0) is 38.8 Å². The van der Waals surface area contributed by atoms with E-state index in [9.17, 15) is 0 Å². The molecule has 1 heteroatoms. The molecule has 0 aliphatic heterocycles. The van der Waals surface area contributed by atoms with Gasteiger partial charge in [0.1, 0.15) is 0 Å². The Labute approximate surface area is 82.9 Å². The molecular weight excluding hydrogens is 158 g/mol. The molecule has 1 N–H and O–H groups in total. The van der Waals surface area contributed by atoms with E-state index in [-0.39, 0.29) is 0 Å². The van der Waals surface area contributed by atoms with Gasteiger partial charge in [-0.15, -0.1) is 0 Å². The third kappa shape index (κ3) is 9.35. The third-order valence-corrected chi connectivity index (χ3v) is 1.95. The zero-order chi connectivity index (χ0) is 9.94. The highest BCUT2D eigenvalue weighted by atomic mass is 14.8. The Morgan fingerprint density at radius 3 is 2.62 bits per heavy atom. The minimum absolute atomic E-state index is 0.681. The lowest BCUT2D eigenvalue weighted by Crippen LogP contribution is -2.17. The van der Waals surface area contributed by atoms with E-state index in [0.29, 0.717) is 5.92 Å². The summed E-state index contributed by atoms with van der Waals surface area (Å²) in [7, 11) is 0. The van der Waals surface area contributed by atoms with E-state index in [1.807, 2.05) is 6.92 Å². The third-order valence-electron chi connectivity index (χ3n) is 1.95. The molecule has 76 valence electrons. The van der Waals surface area contributed by atoms with Gasteiger partial charge in [-0.3, -0.25) is 0 Å². The van der Waals surface area contributed by atoms with Crippen molar-refractivity contribution in [3.05, 3.63) is 24.3 Å². The Hall–Kier alpha value is -0.560. The summed E-state index contributed by atoms with van der Waals surface area (Å²) in [6.45, 7) is 8.77. The van der Waals surface area contributed by atoms with Crippen LogP contribution in [-0.4, -0.2) is 13.1 Å². The molecule has 0 aromatic heterocycles. The molecule has 0 aliphatic rings. The Balaban J connectivity index is 3.34. The average Bonchev–Trinajstić information content (AvgIpc) is 2.13. The lowest BCUT2D eigenvalue weighted by Gasteiger charge is -2.06. The molecule has 0 fully saturated rings. The van der Waals surface area contributed by atoms with Crippen LogP contribution in [0.5, 0.6) is 0 Å². The fraction of sp³-hybridized carbons (Fsp3) is 0.667. The van der Waals surface area contributed by atoms with Gasteiger partial charge in [-0.25, -0.2) is 0 Å². The summed E-state index contributed by atoms with van der Waals surface area (Å²) < 4.78 is 0. The van der Waals surface area contributed by atoms with Crippen molar-refractivity contribution in [3.8, 4) is 0 Å². The molecule has 0 bridgehead atoms. The largest absolute Gasteiger partial charge is 0.317 e. The summed E-state index contributed by atoms with van der Waals surface area (Å²) >= 11 is 0. The number of hydrogen-bond donors (Lipinski definition) is 1. The standard InChI is InChI=1S/C12H23N/c1-4-6-7-8-12(3)9-11-13-10-5-2/h4,6-8,12-13H,5,9-11H2,1-3H3/b6-4-,8-7+. The molecule has 0 heterocycles. The summed E-state index contributed by atoms with van der Waals surface area (Å²) in [5.74, 6) is 0.681. The number of allylic oxidation sites excluding steroid dienone is 4. The molecule has 1 unspecified atom stereocenters. The van der Waals surface area contributed by atoms with E-state index in [1.54, 1.807) is 0 Å². The smallest absolute Gasteiger partial charge is 0.00434 e. The SMILES string of the molecule is C/C=C\C=C\C(C)CCNCCC. The molecule has 0 rings (SSSR count). The van der Waals surface area contributed by atoms with Gasteiger partial charge < -0.3 is 5.32 Å². The summed E-state index contributed by atoms with van der Waals surface area (Å²) in [5, 5.41) is 3.40. The van der Waals surface area contributed by atoms with E-state index in [2.05, 4.69) is 43.5 Å². The fourth-order valence-electron chi connectivity index (χ4n) is 1.09. The van der Waals surface area contributed by atoms with Crippen molar-refractivity contribution >= 4 is 0 Å². The Kier molecular flexibility index (Phi) is 9.12. The van der Waals surface area contributed by atoms with Gasteiger partial charge in [-0.1, -0.05) is 38.2 Å². The van der Waals surface area contributed by atoms with Gasteiger partial charge in [0, 0.05) is 0 Å². The van der Waals surface area contributed by atoms with Crippen LogP contribution in [0.25, 0.3) is 0 Å². The van der Waals surface area contributed by atoms with Crippen molar-refractivity contribution in [1.29, 1.82) is 0 Å². The molecule has 0 spiro atoms. The highest BCUT2D eigenvalue weighted by Crippen LogP contribution is 2.02. The van der Waals surface area contributed by atoms with Crippen LogP contribution < -0.4 is 5.32 Å². The highest BCUT2D eigenvalue weighted by molar-refractivity contribution is 5.02. The quantitative estimate of drug-likeness (QED) is 0.470. The molecule has 0 radical (unpaired) electrons. The van der Waals surface area contributed by atoms with Crippen LogP contribution in [-0.2, 0) is 0 Å². The minimum atomic E-state index is 0.681. The van der Waals surface area contributed by atoms with E-state index in [4.69, 9.17) is 0 Å². The maximum absolute atomic E-state index is 3.40. The molecule has 0 saturated heterocycles. The van der Waals surface area contributed by atoms with Gasteiger partial charge in [0.05, 0.1) is 0 Å². The molecule has 0 aromatic carbocycles. The van der Waals surface area contributed by atoms with Gasteiger partial charge in [0.2, 0.25) is 0 Å². The number of hydrogen-bond acceptors (Lipinski definition) is 1. The van der Waals surface area contributed by atoms with Crippen LogP contribution in [0.2, 0.25) is 0 Å². The minimum Gasteiger partial charge on any atom is -0.317 e. The predicted molar refractivity (Wildman–Crippen MR) is 60.9 cm³/mol. The topological polar surface area (TPSA) is 12.0 Å². The van der Waals surface area contributed by atoms with E-state index in [0.717, 1.165) is 13.1 Å². The van der Waals surface area contributed by atoms with Crippen LogP contribution in [0.15, 0.2) is 24.3 Å². The molecule has 0 amide bonds. The second kappa shape index (κ2) is 9.53. The second-order valence-corrected chi connectivity index (χ2v) is 3.43. The second-order valence-electron chi connectivity index (χ2n) is 3.43. The highest BCUT2D eigenvalue weighted by Gasteiger charge is 1.94. The van der Waals surface area contributed by atoms with Crippen molar-refractivity contribution in [2.45, 2.75) is 33.6 Å². The molecular formula is C12H23N. The van der Waals surface area contributed by atoms with Gasteiger partial charge in [-0.2, -0.15) is 0 Å². The summed E-state index contributed by atoms with van der Waals surface area (Å²) in [6.07, 6.45) is 11.0. The first-order valence-corrected chi connectivity index (χ1v) is 5.31. The fourth-order valence-corrected chi connectivity index (χ4v) is 1.09. The van der Waals surface area contributed by atoms with E-state index >= 15 is 0 Å². The Bertz CT molecular complexity index is 147. The van der Waals surface area contributed by atoms with Crippen LogP contribution >= 0.6 is 0 Å². The van der Waals surface area contributed by atoms with Crippen molar-refractivity contribution < 1.29 is 0 Å². The van der Waals surface area contributed by atoms with Crippen molar-refractivity contribution in [3.63, 3.8) is 0 Å². The van der Waals surface area contributed by atoms with Crippen molar-refractivity contribution in [1.82, 2.24) is 5.32 Å². The maximum atomic E-state index is 3.40. The first-order valence-electron chi connectivity index (χ1n) is 5.31. The Morgan fingerprint density at radius 2 is 2.00 bits per heavy atom. The maximum Gasteiger partial charge on any atom is -0.00434 e. The van der Waals surface area contributed by atoms with Crippen molar-refractivity contribution in [2.24, 2.45) is 5.92 Å². The van der Waals surface area contributed by atoms with Gasteiger partial charge >= 0.3 is 0 Å². The summed E-state index contributed by atoms with van der Waals surface area (Å²) in [4.78, 5) is 0. The van der Waals surface area contributed by atoms with Crippen LogP contribution in [0.4, 0.5) is 0 Å². The number of rotatable bonds is 7. The lowest BCUT2D eigenvalue weighted by molar-refractivity contribution is 0.573. The first-order chi connectivity index (χ1) is 6.31. The number of nitrogens with one attached hydrogen (secondary N) is 1. The predicted octanol–water partition coefficient (Wildman–Crippen LogP) is 3.14. The molecule has 1 atom stereocenters. The molecule has 0 saturated carbocycles. The first kappa shape index (κ1) is 12.4. The van der Waals surface area contributed by atoms with Crippen LogP contribution in [0.1, 0.15) is 33.6 Å². The Morgan fingerprint density at radius 1 is 1.23 bits per heavy atom. The molecule has 1 nitrogen and oxygen atoms in total. The van der Waals surface area contributed by atoms with E-state index < -0.39 is 0 Å². The zero-order valence-electron chi connectivity index (χ0n) is 9.22. The van der Waals surface area contributed by atoms with Crippen molar-refractivity contribution in [2.75, 3.05) is 13.1 Å². The molecule has 0 aromatic rings. The zero-order valence-corrected chi connectivity index (χ0v) is 9.22. The van der Waals surface area contributed by atoms with E-state index in [1.165, 1.54) is 12.8 Å².